The molecule has 198 valence electrons. The van der Waals surface area contributed by atoms with Crippen molar-refractivity contribution >= 4 is 46.4 Å². The van der Waals surface area contributed by atoms with Crippen LogP contribution in [0.15, 0.2) is 83.4 Å². The number of hydrogen-bond donors (Lipinski definition) is 3. The van der Waals surface area contributed by atoms with Crippen LogP contribution in [0.4, 0.5) is 17.1 Å². The number of benzene rings is 3. The van der Waals surface area contributed by atoms with Crippen molar-refractivity contribution in [3.63, 3.8) is 0 Å². The molecular weight excluding hydrogens is 498 g/mol. The lowest BCUT2D eigenvalue weighted by Gasteiger charge is -2.23. The van der Waals surface area contributed by atoms with Gasteiger partial charge in [0, 0.05) is 35.6 Å². The highest BCUT2D eigenvalue weighted by molar-refractivity contribution is 6.37. The third-order valence-electron chi connectivity index (χ3n) is 6.37. The molecule has 9 nitrogen and oxygen atoms in total. The molecule has 1 aliphatic carbocycles. The van der Waals surface area contributed by atoms with Crippen LogP contribution in [0.2, 0.25) is 0 Å². The zero-order valence-electron chi connectivity index (χ0n) is 21.5. The predicted molar refractivity (Wildman–Crippen MR) is 148 cm³/mol. The Morgan fingerprint density at radius 3 is 2.26 bits per heavy atom. The molecular formula is C30H27N3O6. The zero-order chi connectivity index (χ0) is 28.1. The van der Waals surface area contributed by atoms with Gasteiger partial charge in [-0.1, -0.05) is 24.3 Å². The number of allylic oxidation sites excluding steroid dienone is 1. The lowest BCUT2D eigenvalue weighted by molar-refractivity contribution is -0.136. The molecule has 39 heavy (non-hydrogen) atoms. The summed E-state index contributed by atoms with van der Waals surface area (Å²) in [5.41, 5.74) is 4.12. The fourth-order valence-corrected chi connectivity index (χ4v) is 4.28. The lowest BCUT2D eigenvalue weighted by atomic mass is 9.88. The average molecular weight is 526 g/mol. The Morgan fingerprint density at radius 2 is 1.64 bits per heavy atom. The molecule has 0 bridgehead atoms. The van der Waals surface area contributed by atoms with E-state index in [1.807, 2.05) is 36.9 Å². The van der Waals surface area contributed by atoms with E-state index in [1.54, 1.807) is 24.3 Å². The molecule has 0 fully saturated rings. The van der Waals surface area contributed by atoms with Crippen LogP contribution in [0.5, 0.6) is 0 Å². The third-order valence-corrected chi connectivity index (χ3v) is 6.37. The van der Waals surface area contributed by atoms with E-state index >= 15 is 0 Å². The second-order valence-corrected chi connectivity index (χ2v) is 8.96. The summed E-state index contributed by atoms with van der Waals surface area (Å²) in [4.78, 5) is 55.2. The van der Waals surface area contributed by atoms with Gasteiger partial charge >= 0.3 is 11.9 Å². The van der Waals surface area contributed by atoms with Gasteiger partial charge < -0.3 is 20.4 Å². The van der Waals surface area contributed by atoms with Crippen molar-refractivity contribution in [2.45, 2.75) is 20.3 Å². The number of nitrogens with one attached hydrogen (secondary N) is 1. The molecule has 0 heterocycles. The van der Waals surface area contributed by atoms with Crippen molar-refractivity contribution in [1.29, 1.82) is 0 Å². The number of fused-ring (bicyclic) bond motifs is 1. The molecule has 3 aromatic rings. The van der Waals surface area contributed by atoms with Crippen molar-refractivity contribution in [1.82, 2.24) is 0 Å². The summed E-state index contributed by atoms with van der Waals surface area (Å²) in [6, 6.07) is 18.2. The number of aliphatic imine (C=N–C) groups is 1. The Labute approximate surface area is 225 Å². The van der Waals surface area contributed by atoms with Crippen molar-refractivity contribution in [2.75, 3.05) is 23.3 Å². The van der Waals surface area contributed by atoms with E-state index in [9.17, 15) is 19.2 Å². The number of amides is 1. The van der Waals surface area contributed by atoms with Gasteiger partial charge in [-0.15, -0.1) is 0 Å². The van der Waals surface area contributed by atoms with Crippen molar-refractivity contribution in [3.8, 4) is 0 Å². The highest BCUT2D eigenvalue weighted by atomic mass is 16.4. The van der Waals surface area contributed by atoms with E-state index in [2.05, 4.69) is 5.32 Å². The van der Waals surface area contributed by atoms with Crippen LogP contribution in [0.3, 0.4) is 0 Å². The fourth-order valence-electron chi connectivity index (χ4n) is 4.28. The van der Waals surface area contributed by atoms with Gasteiger partial charge in [0.2, 0.25) is 0 Å². The first-order valence-corrected chi connectivity index (χ1v) is 12.3. The molecule has 9 heteroatoms. The second-order valence-electron chi connectivity index (χ2n) is 8.96. The summed E-state index contributed by atoms with van der Waals surface area (Å²) in [6.07, 6.45) is 1.49. The van der Waals surface area contributed by atoms with E-state index in [0.717, 1.165) is 11.3 Å². The number of Topliss-reactive ketones (excluding diaryl/α,β-unsaturated/α-hetero) is 1. The molecule has 3 aromatic carbocycles. The predicted octanol–water partition coefficient (Wildman–Crippen LogP) is 4.88. The molecule has 0 aliphatic heterocycles. The standard InChI is InChI=1S/C30H27N3O6/c1-3-33(15-14-27(34)35)21-12-13-25(18(2)16-21)32-26-17-24(28(36)23-7-5-4-6-22(23)26)29(37)31-20-10-8-19(9-11-20)30(38)39/h4-13,16-17H,3,14-15H2,1-2H3,(H,31,37)(H,34,35)(H,38,39)/b32-26+. The SMILES string of the molecule is CCN(CCC(=O)O)c1ccc(/N=C2\C=C(C(=O)Nc3ccc(C(=O)O)cc3)C(=O)c3ccccc32)c(C)c1. The van der Waals surface area contributed by atoms with E-state index in [-0.39, 0.29) is 17.6 Å². The van der Waals surface area contributed by atoms with Crippen LogP contribution < -0.4 is 10.2 Å². The molecule has 0 aromatic heterocycles. The number of anilines is 2. The lowest BCUT2D eigenvalue weighted by Crippen LogP contribution is -2.26. The zero-order valence-corrected chi connectivity index (χ0v) is 21.5. The van der Waals surface area contributed by atoms with Crippen LogP contribution in [-0.2, 0) is 9.59 Å². The fraction of sp³-hybridized carbons (Fsp3) is 0.167. The Kier molecular flexibility index (Phi) is 8.00. The molecule has 0 saturated heterocycles. The maximum Gasteiger partial charge on any atom is 0.335 e. The summed E-state index contributed by atoms with van der Waals surface area (Å²) < 4.78 is 0. The van der Waals surface area contributed by atoms with Crippen LogP contribution in [0.1, 0.15) is 45.2 Å². The van der Waals surface area contributed by atoms with Crippen LogP contribution in [0, 0.1) is 6.92 Å². The largest absolute Gasteiger partial charge is 0.481 e. The molecule has 0 atom stereocenters. The Balaban J connectivity index is 1.67. The van der Waals surface area contributed by atoms with Gasteiger partial charge in [0.05, 0.1) is 29.0 Å². The highest BCUT2D eigenvalue weighted by Gasteiger charge is 2.28. The first-order chi connectivity index (χ1) is 18.7. The number of aromatic carboxylic acids is 1. The number of aryl methyl sites for hydroxylation is 1. The quantitative estimate of drug-likeness (QED) is 0.339. The molecule has 0 saturated carbocycles. The Hall–Kier alpha value is -5.05. The number of hydrogen-bond acceptors (Lipinski definition) is 6. The molecule has 0 radical (unpaired) electrons. The van der Waals surface area contributed by atoms with Crippen molar-refractivity contribution in [2.24, 2.45) is 4.99 Å². The van der Waals surface area contributed by atoms with Gasteiger partial charge in [0.25, 0.3) is 5.91 Å². The van der Waals surface area contributed by atoms with Gasteiger partial charge in [-0.05, 0) is 68.0 Å². The van der Waals surface area contributed by atoms with Gasteiger partial charge in [-0.25, -0.2) is 9.79 Å². The van der Waals surface area contributed by atoms with Crippen LogP contribution in [-0.4, -0.2) is 52.6 Å². The average Bonchev–Trinajstić information content (AvgIpc) is 2.92. The number of carbonyl (C=O) groups excluding carboxylic acids is 2. The van der Waals surface area contributed by atoms with Crippen molar-refractivity contribution in [3.05, 3.63) is 101 Å². The van der Waals surface area contributed by atoms with E-state index in [1.165, 1.54) is 30.3 Å². The Bertz CT molecular complexity index is 1520. The van der Waals surface area contributed by atoms with Gasteiger partial charge in [-0.3, -0.25) is 14.4 Å². The third kappa shape index (κ3) is 6.10. The molecule has 0 spiro atoms. The van der Waals surface area contributed by atoms with E-state index in [0.29, 0.717) is 41.3 Å². The summed E-state index contributed by atoms with van der Waals surface area (Å²) in [5, 5.41) is 20.8. The summed E-state index contributed by atoms with van der Waals surface area (Å²) >= 11 is 0. The summed E-state index contributed by atoms with van der Waals surface area (Å²) in [5.74, 6) is -3.01. The minimum atomic E-state index is -1.08. The maximum absolute atomic E-state index is 13.2. The first-order valence-electron chi connectivity index (χ1n) is 12.3. The van der Waals surface area contributed by atoms with E-state index < -0.39 is 23.6 Å². The number of rotatable bonds is 9. The topological polar surface area (TPSA) is 136 Å². The molecule has 4 rings (SSSR count). The number of ketones is 1. The summed E-state index contributed by atoms with van der Waals surface area (Å²) in [7, 11) is 0. The van der Waals surface area contributed by atoms with E-state index in [4.69, 9.17) is 15.2 Å². The molecule has 0 unspecified atom stereocenters. The molecule has 3 N–H and O–H groups in total. The number of carboxylic acids is 2. The van der Waals surface area contributed by atoms with Crippen LogP contribution in [0.25, 0.3) is 0 Å². The summed E-state index contributed by atoms with van der Waals surface area (Å²) in [6.45, 7) is 4.89. The Morgan fingerprint density at radius 1 is 0.949 bits per heavy atom. The van der Waals surface area contributed by atoms with Crippen molar-refractivity contribution < 1.29 is 29.4 Å². The van der Waals surface area contributed by atoms with Gasteiger partial charge in [0.15, 0.2) is 5.78 Å². The smallest absolute Gasteiger partial charge is 0.335 e. The van der Waals surface area contributed by atoms with Gasteiger partial charge in [0.1, 0.15) is 0 Å². The number of carboxylic acid groups (broad SMARTS) is 2. The molecule has 1 amide bonds. The first kappa shape index (κ1) is 27.0. The monoisotopic (exact) mass is 525 g/mol. The number of carbonyl (C=O) groups is 4. The van der Waals surface area contributed by atoms with Crippen LogP contribution >= 0.6 is 0 Å². The minimum Gasteiger partial charge on any atom is -0.481 e. The number of nitrogens with zero attached hydrogens (tertiary/aromatic N) is 2. The second kappa shape index (κ2) is 11.6. The number of aliphatic carboxylic acids is 1. The maximum atomic E-state index is 13.2. The normalized spacial score (nSPS) is 13.4. The van der Waals surface area contributed by atoms with Gasteiger partial charge in [-0.2, -0.15) is 0 Å². The minimum absolute atomic E-state index is 0.0289. The highest BCUT2D eigenvalue weighted by Crippen LogP contribution is 2.29. The molecule has 1 aliphatic rings.